The predicted octanol–water partition coefficient (Wildman–Crippen LogP) is 4.41. The number of carbonyl (C=O) groups excluding carboxylic acids is 2. The Labute approximate surface area is 197 Å². The molecule has 2 amide bonds. The van der Waals surface area contributed by atoms with Crippen LogP contribution in [-0.4, -0.2) is 55.3 Å². The second kappa shape index (κ2) is 9.86. The van der Waals surface area contributed by atoms with E-state index in [0.717, 1.165) is 35.9 Å². The zero-order valence-electron chi connectivity index (χ0n) is 20.3. The Balaban J connectivity index is 1.34. The number of rotatable bonds is 6. The van der Waals surface area contributed by atoms with E-state index in [1.807, 2.05) is 7.05 Å². The van der Waals surface area contributed by atoms with Crippen LogP contribution in [0.2, 0.25) is 0 Å². The predicted molar refractivity (Wildman–Crippen MR) is 134 cm³/mol. The fraction of sp³-hybridized carbons (Fsp3) is 0.481. The summed E-state index contributed by atoms with van der Waals surface area (Å²) in [7, 11) is 3.57. The van der Waals surface area contributed by atoms with Crippen LogP contribution < -0.4 is 10.2 Å². The van der Waals surface area contributed by atoms with Crippen LogP contribution in [-0.2, 0) is 16.1 Å². The van der Waals surface area contributed by atoms with Crippen LogP contribution in [0.5, 0.6) is 0 Å². The lowest BCUT2D eigenvalue weighted by Crippen LogP contribution is -2.33. The molecule has 2 aromatic rings. The van der Waals surface area contributed by atoms with Crippen LogP contribution in [0.15, 0.2) is 42.5 Å². The largest absolute Gasteiger partial charge is 0.372 e. The van der Waals surface area contributed by atoms with Gasteiger partial charge >= 0.3 is 0 Å². The highest BCUT2D eigenvalue weighted by Gasteiger charge is 2.33. The molecule has 1 N–H and O–H groups in total. The molecule has 2 heterocycles. The van der Waals surface area contributed by atoms with Gasteiger partial charge in [0.15, 0.2) is 0 Å². The molecule has 2 aliphatic rings. The molecule has 1 atom stereocenters. The molecule has 0 bridgehead atoms. The Kier molecular flexibility index (Phi) is 6.91. The van der Waals surface area contributed by atoms with Crippen LogP contribution in [0.25, 0.3) is 0 Å². The third-order valence-corrected chi connectivity index (χ3v) is 7.08. The summed E-state index contributed by atoms with van der Waals surface area (Å²) in [5.41, 5.74) is 5.75. The smallest absolute Gasteiger partial charge is 0.228 e. The van der Waals surface area contributed by atoms with E-state index < -0.39 is 0 Å². The highest BCUT2D eigenvalue weighted by molar-refractivity contribution is 5.89. The Morgan fingerprint density at radius 3 is 2.42 bits per heavy atom. The number of hydrogen-bond donors (Lipinski definition) is 1. The molecular weight excluding hydrogens is 412 g/mol. The molecule has 2 aliphatic heterocycles. The average molecular weight is 449 g/mol. The first kappa shape index (κ1) is 23.1. The maximum absolute atomic E-state index is 12.7. The normalized spacial score (nSPS) is 19.2. The van der Waals surface area contributed by atoms with Gasteiger partial charge in [-0.25, -0.2) is 0 Å². The summed E-state index contributed by atoms with van der Waals surface area (Å²) in [5.74, 6) is 0.685. The fourth-order valence-corrected chi connectivity index (χ4v) is 4.79. The summed E-state index contributed by atoms with van der Waals surface area (Å²) in [6.45, 7) is 7.82. The molecule has 2 fully saturated rings. The van der Waals surface area contributed by atoms with Gasteiger partial charge in [-0.15, -0.1) is 0 Å². The molecule has 2 saturated heterocycles. The Hall–Kier alpha value is -3.02. The van der Waals surface area contributed by atoms with Crippen molar-refractivity contribution >= 4 is 28.9 Å². The van der Waals surface area contributed by atoms with Crippen molar-refractivity contribution in [2.75, 3.05) is 43.9 Å². The summed E-state index contributed by atoms with van der Waals surface area (Å²) >= 11 is 0. The SMILES string of the molecule is Cc1cc(N2CCC(C)CC2)ccc1Nc1ccc(CN(C)C(=O)C2CC(=O)N(C)C2)cc1. The zero-order chi connectivity index (χ0) is 23.5. The average Bonchev–Trinajstić information content (AvgIpc) is 3.14. The number of amides is 2. The van der Waals surface area contributed by atoms with Crippen LogP contribution in [0, 0.1) is 18.8 Å². The molecule has 6 heteroatoms. The highest BCUT2D eigenvalue weighted by Crippen LogP contribution is 2.28. The lowest BCUT2D eigenvalue weighted by atomic mass is 9.98. The number of benzene rings is 2. The van der Waals surface area contributed by atoms with E-state index in [1.54, 1.807) is 16.8 Å². The molecule has 33 heavy (non-hydrogen) atoms. The van der Waals surface area contributed by atoms with E-state index in [-0.39, 0.29) is 17.7 Å². The van der Waals surface area contributed by atoms with Crippen LogP contribution in [0.1, 0.15) is 37.3 Å². The fourth-order valence-electron chi connectivity index (χ4n) is 4.79. The van der Waals surface area contributed by atoms with Crippen molar-refractivity contribution in [3.8, 4) is 0 Å². The monoisotopic (exact) mass is 448 g/mol. The van der Waals surface area contributed by atoms with Gasteiger partial charge in [0.2, 0.25) is 11.8 Å². The van der Waals surface area contributed by atoms with Crippen molar-refractivity contribution in [2.45, 2.75) is 39.7 Å². The Morgan fingerprint density at radius 2 is 1.82 bits per heavy atom. The lowest BCUT2D eigenvalue weighted by molar-refractivity contribution is -0.135. The molecule has 0 aliphatic carbocycles. The second-order valence-electron chi connectivity index (χ2n) is 9.86. The van der Waals surface area contributed by atoms with Crippen LogP contribution in [0.3, 0.4) is 0 Å². The summed E-state index contributed by atoms with van der Waals surface area (Å²) < 4.78 is 0. The zero-order valence-corrected chi connectivity index (χ0v) is 20.3. The molecule has 176 valence electrons. The topological polar surface area (TPSA) is 55.9 Å². The summed E-state index contributed by atoms with van der Waals surface area (Å²) in [6.07, 6.45) is 2.85. The molecule has 1 unspecified atom stereocenters. The molecule has 6 nitrogen and oxygen atoms in total. The van der Waals surface area contributed by atoms with E-state index >= 15 is 0 Å². The number of anilines is 3. The van der Waals surface area contributed by atoms with Crippen molar-refractivity contribution in [1.82, 2.24) is 9.80 Å². The highest BCUT2D eigenvalue weighted by atomic mass is 16.2. The number of piperidine rings is 1. The second-order valence-corrected chi connectivity index (χ2v) is 9.86. The Bertz CT molecular complexity index is 996. The summed E-state index contributed by atoms with van der Waals surface area (Å²) in [4.78, 5) is 30.3. The number of hydrogen-bond acceptors (Lipinski definition) is 4. The van der Waals surface area contributed by atoms with E-state index in [9.17, 15) is 9.59 Å². The minimum absolute atomic E-state index is 0.0359. The minimum atomic E-state index is -0.229. The molecular formula is C27H36N4O2. The number of likely N-dealkylation sites (tertiary alicyclic amines) is 1. The number of aryl methyl sites for hydroxylation is 1. The quantitative estimate of drug-likeness (QED) is 0.711. The lowest BCUT2D eigenvalue weighted by Gasteiger charge is -2.32. The summed E-state index contributed by atoms with van der Waals surface area (Å²) in [6, 6.07) is 14.9. The number of nitrogens with zero attached hydrogens (tertiary/aromatic N) is 3. The van der Waals surface area contributed by atoms with Crippen LogP contribution in [0.4, 0.5) is 17.1 Å². The maximum Gasteiger partial charge on any atom is 0.228 e. The van der Waals surface area contributed by atoms with Gasteiger partial charge in [0.25, 0.3) is 0 Å². The van der Waals surface area contributed by atoms with E-state index in [1.165, 1.54) is 24.1 Å². The van der Waals surface area contributed by atoms with Crippen molar-refractivity contribution in [2.24, 2.45) is 11.8 Å². The van der Waals surface area contributed by atoms with Crippen molar-refractivity contribution < 1.29 is 9.59 Å². The standard InChI is InChI=1S/C27H36N4O2/c1-19-11-13-31(14-12-19)24-9-10-25(20(2)15-24)28-23-7-5-21(6-8-23)17-30(4)27(33)22-16-26(32)29(3)18-22/h5-10,15,19,22,28H,11-14,16-18H2,1-4H3. The molecule has 4 rings (SSSR count). The molecule has 0 spiro atoms. The van der Waals surface area contributed by atoms with Gasteiger partial charge < -0.3 is 20.0 Å². The van der Waals surface area contributed by atoms with Gasteiger partial charge in [0.1, 0.15) is 0 Å². The molecule has 2 aromatic carbocycles. The van der Waals surface area contributed by atoms with E-state index in [2.05, 4.69) is 66.5 Å². The third-order valence-electron chi connectivity index (χ3n) is 7.08. The van der Waals surface area contributed by atoms with E-state index in [4.69, 9.17) is 0 Å². The van der Waals surface area contributed by atoms with Gasteiger partial charge in [-0.05, 0) is 67.1 Å². The number of carbonyl (C=O) groups is 2. The van der Waals surface area contributed by atoms with E-state index in [0.29, 0.717) is 19.5 Å². The first-order valence-corrected chi connectivity index (χ1v) is 12.0. The van der Waals surface area contributed by atoms with Crippen LogP contribution >= 0.6 is 0 Å². The van der Waals surface area contributed by atoms with Crippen molar-refractivity contribution in [1.29, 1.82) is 0 Å². The molecule has 0 saturated carbocycles. The van der Waals surface area contributed by atoms with Crippen molar-refractivity contribution in [3.63, 3.8) is 0 Å². The van der Waals surface area contributed by atoms with Gasteiger partial charge in [0, 0.05) is 63.8 Å². The van der Waals surface area contributed by atoms with Gasteiger partial charge in [-0.3, -0.25) is 9.59 Å². The Morgan fingerprint density at radius 1 is 1.12 bits per heavy atom. The minimum Gasteiger partial charge on any atom is -0.372 e. The van der Waals surface area contributed by atoms with Gasteiger partial charge in [0.05, 0.1) is 5.92 Å². The number of nitrogens with one attached hydrogen (secondary N) is 1. The summed E-state index contributed by atoms with van der Waals surface area (Å²) in [5, 5.41) is 3.53. The first-order chi connectivity index (χ1) is 15.8. The molecule has 0 aromatic heterocycles. The first-order valence-electron chi connectivity index (χ1n) is 12.0. The third kappa shape index (κ3) is 5.49. The molecule has 0 radical (unpaired) electrons. The van der Waals surface area contributed by atoms with Crippen molar-refractivity contribution in [3.05, 3.63) is 53.6 Å². The van der Waals surface area contributed by atoms with Gasteiger partial charge in [-0.2, -0.15) is 0 Å². The maximum atomic E-state index is 12.7. The van der Waals surface area contributed by atoms with Gasteiger partial charge in [-0.1, -0.05) is 19.1 Å².